The number of nitrogens with zero attached hydrogens (tertiary/aromatic N) is 1. The number of benzene rings is 1. The molecule has 0 bridgehead atoms. The van der Waals surface area contributed by atoms with E-state index in [1.807, 2.05) is 12.1 Å². The van der Waals surface area contributed by atoms with E-state index in [9.17, 15) is 5.11 Å². The van der Waals surface area contributed by atoms with Crippen LogP contribution >= 0.6 is 0 Å². The summed E-state index contributed by atoms with van der Waals surface area (Å²) >= 11 is 2.31. The van der Waals surface area contributed by atoms with E-state index in [-0.39, 0.29) is 5.75 Å². The van der Waals surface area contributed by atoms with Gasteiger partial charge in [-0.1, -0.05) is 18.3 Å². The molecule has 0 unspecified atom stereocenters. The van der Waals surface area contributed by atoms with Gasteiger partial charge in [0.05, 0.1) is 6.54 Å². The molecule has 0 radical (unpaired) electrons. The van der Waals surface area contributed by atoms with Crippen molar-refractivity contribution >= 4 is 6.21 Å². The van der Waals surface area contributed by atoms with Crippen LogP contribution < -0.4 is 5.32 Å². The topological polar surface area (TPSA) is 61.7 Å². The molecular weight excluding hydrogens is 299 g/mol. The molecule has 20 heavy (non-hydrogen) atoms. The summed E-state index contributed by atoms with van der Waals surface area (Å²) in [6, 6.07) is 7.09. The Bertz CT molecular complexity index is 471. The van der Waals surface area contributed by atoms with Gasteiger partial charge in [0.15, 0.2) is 0 Å². The first kappa shape index (κ1) is 18.0. The normalized spacial score (nSPS) is 10.7. The number of phenols is 1. The molecule has 0 aliphatic heterocycles. The number of hydrogen-bond acceptors (Lipinski definition) is 4. The Hall–Kier alpha value is -1.98. The van der Waals surface area contributed by atoms with Gasteiger partial charge in [0.1, 0.15) is 5.75 Å². The van der Waals surface area contributed by atoms with Crippen LogP contribution in [0, 0.1) is 12.7 Å². The van der Waals surface area contributed by atoms with E-state index in [2.05, 4.69) is 32.1 Å². The number of aromatic hydroxyl groups is 1. The van der Waals surface area contributed by atoms with E-state index in [0.717, 1.165) is 5.56 Å². The Morgan fingerprint density at radius 1 is 1.40 bits per heavy atom. The predicted octanol–water partition coefficient (Wildman–Crippen LogP) is 2.14. The van der Waals surface area contributed by atoms with Crippen molar-refractivity contribution in [3.63, 3.8) is 0 Å². The van der Waals surface area contributed by atoms with Gasteiger partial charge in [-0.2, -0.15) is 0 Å². The van der Waals surface area contributed by atoms with E-state index in [4.69, 9.17) is 10.4 Å². The van der Waals surface area contributed by atoms with Crippen LogP contribution in [-0.4, -0.2) is 24.4 Å². The van der Waals surface area contributed by atoms with Gasteiger partial charge < -0.3 is 10.4 Å². The fourth-order valence-corrected chi connectivity index (χ4v) is 1.18. The van der Waals surface area contributed by atoms with Crippen LogP contribution in [0.4, 0.5) is 0 Å². The Labute approximate surface area is 127 Å². The summed E-state index contributed by atoms with van der Waals surface area (Å²) in [7, 11) is 0. The van der Waals surface area contributed by atoms with Gasteiger partial charge in [0.25, 0.3) is 0 Å². The molecule has 0 saturated heterocycles. The number of aliphatic imine (C=N–C) groups is 1. The van der Waals surface area contributed by atoms with Gasteiger partial charge in [-0.15, -0.1) is 0 Å². The van der Waals surface area contributed by atoms with Crippen molar-refractivity contribution in [1.82, 2.24) is 5.32 Å². The third-order valence-electron chi connectivity index (χ3n) is 2.04. The van der Waals surface area contributed by atoms with Crippen molar-refractivity contribution in [3.05, 3.63) is 66.9 Å². The van der Waals surface area contributed by atoms with Gasteiger partial charge in [0.2, 0.25) is 0 Å². The first-order valence-electron chi connectivity index (χ1n) is 5.77. The third kappa shape index (κ3) is 9.01. The minimum absolute atomic E-state index is 0.241. The number of allylic oxidation sites excluding steroid dienone is 4. The van der Waals surface area contributed by atoms with Crippen molar-refractivity contribution in [1.29, 1.82) is 0 Å². The Kier molecular flexibility index (Phi) is 12.1. The number of para-hydroxylation sites is 1. The zero-order valence-corrected chi connectivity index (χ0v) is 11.9. The quantitative estimate of drug-likeness (QED) is 0.351. The van der Waals surface area contributed by atoms with Crippen LogP contribution in [0.1, 0.15) is 5.56 Å². The van der Waals surface area contributed by atoms with Crippen molar-refractivity contribution in [2.24, 2.45) is 4.99 Å². The molecule has 0 heterocycles. The molecule has 5 heteroatoms. The number of nitrogens with one attached hydrogen (secondary N) is 1. The van der Waals surface area contributed by atoms with Gasteiger partial charge in [-0.05, 0) is 12.1 Å². The van der Waals surface area contributed by atoms with Crippen molar-refractivity contribution in [2.45, 2.75) is 0 Å². The van der Waals surface area contributed by atoms with Crippen molar-refractivity contribution in [3.8, 4) is 5.75 Å². The van der Waals surface area contributed by atoms with Gasteiger partial charge in [-0.3, -0.25) is 11.6 Å². The van der Waals surface area contributed by atoms with Crippen molar-refractivity contribution in [2.75, 3.05) is 13.1 Å². The van der Waals surface area contributed by atoms with Crippen molar-refractivity contribution < 1.29 is 24.6 Å². The van der Waals surface area contributed by atoms with Crippen LogP contribution in [0.3, 0.4) is 0 Å². The molecule has 2 N–H and O–H groups in total. The Morgan fingerprint density at radius 2 is 2.15 bits per heavy atom. The third-order valence-corrected chi connectivity index (χ3v) is 2.04. The molecule has 0 saturated carbocycles. The molecule has 0 amide bonds. The summed E-state index contributed by atoms with van der Waals surface area (Å²) in [4.78, 5) is 4.20. The van der Waals surface area contributed by atoms with Crippen LogP contribution in [0.15, 0.2) is 53.7 Å². The fourth-order valence-electron chi connectivity index (χ4n) is 1.18. The average Bonchev–Trinajstić information content (AvgIpc) is 2.49. The van der Waals surface area contributed by atoms with E-state index < -0.39 is 0 Å². The first-order chi connectivity index (χ1) is 9.84. The Balaban J connectivity index is 0.00000172. The average molecular weight is 315 g/mol. The molecule has 0 atom stereocenters. The molecule has 1 rings (SSSR count). The molecule has 0 spiro atoms. The molecule has 1 aromatic rings. The molecule has 4 nitrogen and oxygen atoms in total. The van der Waals surface area contributed by atoms with Crippen LogP contribution in [0.2, 0.25) is 0 Å². The fraction of sp³-hybridized carbons (Fsp3) is 0.133. The standard InChI is InChI=1S/C15H16N2O.Co.O/c1-2-3-4-7-10-16-11-12-17-13-14-8-5-6-9-15(14)18;;/h1-6,8-10,13,16,18H,11-12H2;;/q-2;;/b4-3-,17-13?;;. The molecule has 0 fully saturated rings. The zero-order valence-electron chi connectivity index (χ0n) is 10.8. The number of hydrogen-bond donors (Lipinski definition) is 2. The Morgan fingerprint density at radius 3 is 2.85 bits per heavy atom. The second kappa shape index (κ2) is 13.4. The van der Waals surface area contributed by atoms with Gasteiger partial charge in [-0.25, -0.2) is 24.3 Å². The zero-order chi connectivity index (χ0) is 15.1. The number of rotatable bonds is 7. The summed E-state index contributed by atoms with van der Waals surface area (Å²) in [5.41, 5.74) is 0.723. The maximum absolute atomic E-state index is 9.49. The number of phenolic OH excluding ortho intramolecular Hbond substituents is 1. The molecular formula is C15H16CoN2O2-2. The van der Waals surface area contributed by atoms with Gasteiger partial charge >= 0.3 is 19.5 Å². The first-order valence-corrected chi connectivity index (χ1v) is 6.19. The van der Waals surface area contributed by atoms with E-state index in [1.54, 1.807) is 36.7 Å². The van der Waals surface area contributed by atoms with E-state index in [0.29, 0.717) is 13.1 Å². The predicted molar refractivity (Wildman–Crippen MR) is 75.1 cm³/mol. The SMILES string of the molecule is [CH-]=C/C=C\[C-]=C\NCCN=Cc1ccccc1O.[O]=[Co]. The summed E-state index contributed by atoms with van der Waals surface area (Å²) in [5, 5.41) is 12.5. The molecule has 0 aliphatic rings. The molecule has 1 aromatic carbocycles. The summed E-state index contributed by atoms with van der Waals surface area (Å²) in [5.74, 6) is 0.241. The summed E-state index contributed by atoms with van der Waals surface area (Å²) < 4.78 is 7.94. The van der Waals surface area contributed by atoms with E-state index in [1.165, 1.54) is 6.08 Å². The van der Waals surface area contributed by atoms with Crippen LogP contribution in [0.5, 0.6) is 5.75 Å². The minimum atomic E-state index is 0.241. The monoisotopic (exact) mass is 315 g/mol. The maximum atomic E-state index is 9.49. The summed E-state index contributed by atoms with van der Waals surface area (Å²) in [6.07, 6.45) is 11.1. The van der Waals surface area contributed by atoms with Crippen LogP contribution in [0.25, 0.3) is 0 Å². The summed E-state index contributed by atoms with van der Waals surface area (Å²) in [6.45, 7) is 6.48. The molecule has 109 valence electrons. The van der Waals surface area contributed by atoms with E-state index >= 15 is 0 Å². The molecule has 0 aromatic heterocycles. The second-order valence-electron chi connectivity index (χ2n) is 3.41. The molecule has 0 aliphatic carbocycles. The van der Waals surface area contributed by atoms with Gasteiger partial charge in [0, 0.05) is 18.3 Å². The second-order valence-corrected chi connectivity index (χ2v) is 3.41. The van der Waals surface area contributed by atoms with Crippen LogP contribution in [-0.2, 0) is 19.5 Å².